The van der Waals surface area contributed by atoms with Crippen LogP contribution in [0.4, 0.5) is 11.5 Å². The topological polar surface area (TPSA) is 147 Å². The van der Waals surface area contributed by atoms with E-state index in [9.17, 15) is 19.2 Å². The van der Waals surface area contributed by atoms with E-state index in [0.29, 0.717) is 17.3 Å². The van der Waals surface area contributed by atoms with Crippen LogP contribution < -0.4 is 27.4 Å². The normalized spacial score (nSPS) is 11.1. The van der Waals surface area contributed by atoms with E-state index in [1.807, 2.05) is 51.1 Å². The summed E-state index contributed by atoms with van der Waals surface area (Å²) in [4.78, 5) is 61.2. The van der Waals surface area contributed by atoms with Crippen LogP contribution in [0, 0.1) is 5.92 Å². The summed E-state index contributed by atoms with van der Waals surface area (Å²) in [6, 6.07) is 10.6. The van der Waals surface area contributed by atoms with Crippen molar-refractivity contribution in [1.29, 1.82) is 0 Å². The number of nitrogens with zero attached hydrogens (tertiary/aromatic N) is 3. The Hall–Kier alpha value is -3.60. The summed E-state index contributed by atoms with van der Waals surface area (Å²) in [5.41, 5.74) is 6.04. The number of carbonyl (C=O) groups is 1. The van der Waals surface area contributed by atoms with Gasteiger partial charge >= 0.3 is 5.69 Å². The molecule has 0 aliphatic carbocycles. The summed E-state index contributed by atoms with van der Waals surface area (Å²) in [5, 5.41) is 0.328. The van der Waals surface area contributed by atoms with Crippen molar-refractivity contribution in [2.45, 2.75) is 45.3 Å². The number of nitrogens with two attached hydrogens (primary N) is 1. The number of aryl methyl sites for hydroxylation is 1. The number of hydrogen-bond acceptors (Lipinski definition) is 7. The molecule has 35 heavy (non-hydrogen) atoms. The molecule has 0 radical (unpaired) electrons. The molecule has 3 aromatic rings. The second kappa shape index (κ2) is 11.7. The van der Waals surface area contributed by atoms with Crippen LogP contribution in [0.3, 0.4) is 0 Å². The molecule has 0 atom stereocenters. The average molecular weight is 499 g/mol. The van der Waals surface area contributed by atoms with Crippen LogP contribution in [0.1, 0.15) is 38.4 Å². The molecule has 0 fully saturated rings. The molecule has 0 spiro atoms. The number of H-pyrrole nitrogens is 2. The molecule has 186 valence electrons. The SMILES string of the molecule is CCCc1cc(=O)[nH]c(SCC(=O)N(CC(C)C)c2c(N)n(Cc3ccccc3)c(=O)[nH]c2=O)n1. The highest BCUT2D eigenvalue weighted by molar-refractivity contribution is 7.99. The van der Waals surface area contributed by atoms with Crippen LogP contribution >= 0.6 is 11.8 Å². The van der Waals surface area contributed by atoms with Gasteiger partial charge in [-0.25, -0.2) is 9.78 Å². The van der Waals surface area contributed by atoms with E-state index in [-0.39, 0.29) is 41.8 Å². The predicted molar refractivity (Wildman–Crippen MR) is 138 cm³/mol. The number of benzene rings is 1. The third-order valence-corrected chi connectivity index (χ3v) is 5.99. The Morgan fingerprint density at radius 3 is 2.54 bits per heavy atom. The zero-order chi connectivity index (χ0) is 25.5. The Morgan fingerprint density at radius 2 is 1.89 bits per heavy atom. The molecule has 2 aromatic heterocycles. The van der Waals surface area contributed by atoms with Gasteiger partial charge in [0.1, 0.15) is 5.82 Å². The molecule has 0 saturated heterocycles. The van der Waals surface area contributed by atoms with Crippen LogP contribution in [0.15, 0.2) is 55.9 Å². The Kier molecular flexibility index (Phi) is 8.69. The van der Waals surface area contributed by atoms with E-state index < -0.39 is 17.2 Å². The van der Waals surface area contributed by atoms with Gasteiger partial charge in [-0.1, -0.05) is 69.3 Å². The van der Waals surface area contributed by atoms with Crippen LogP contribution in [-0.2, 0) is 17.8 Å². The molecular formula is C24H30N6O4S. The monoisotopic (exact) mass is 498 g/mol. The van der Waals surface area contributed by atoms with Gasteiger partial charge in [0.2, 0.25) is 5.91 Å². The molecule has 3 rings (SSSR count). The van der Waals surface area contributed by atoms with Gasteiger partial charge in [0.25, 0.3) is 11.1 Å². The van der Waals surface area contributed by atoms with Crippen LogP contribution in [-0.4, -0.2) is 37.7 Å². The minimum Gasteiger partial charge on any atom is -0.383 e. The smallest absolute Gasteiger partial charge is 0.330 e. The molecule has 0 aliphatic rings. The second-order valence-electron chi connectivity index (χ2n) is 8.54. The first kappa shape index (κ1) is 26.0. The molecule has 0 aliphatic heterocycles. The number of nitrogen functional groups attached to an aromatic ring is 1. The third kappa shape index (κ3) is 6.72. The highest BCUT2D eigenvalue weighted by atomic mass is 32.2. The van der Waals surface area contributed by atoms with Gasteiger partial charge in [0, 0.05) is 18.3 Å². The van der Waals surface area contributed by atoms with Crippen molar-refractivity contribution in [2.75, 3.05) is 22.9 Å². The predicted octanol–water partition coefficient (Wildman–Crippen LogP) is 1.98. The molecule has 0 unspecified atom stereocenters. The third-order valence-electron chi connectivity index (χ3n) is 5.13. The minimum absolute atomic E-state index is 0.0167. The first-order chi connectivity index (χ1) is 16.7. The number of anilines is 2. The maximum absolute atomic E-state index is 13.3. The number of carbonyl (C=O) groups excluding carboxylic acids is 1. The summed E-state index contributed by atoms with van der Waals surface area (Å²) in [6.07, 6.45) is 1.49. The lowest BCUT2D eigenvalue weighted by atomic mass is 10.2. The highest BCUT2D eigenvalue weighted by Crippen LogP contribution is 2.22. The lowest BCUT2D eigenvalue weighted by molar-refractivity contribution is -0.116. The van der Waals surface area contributed by atoms with Gasteiger partial charge < -0.3 is 15.6 Å². The summed E-state index contributed by atoms with van der Waals surface area (Å²) >= 11 is 1.08. The lowest BCUT2D eigenvalue weighted by Gasteiger charge is -2.26. The van der Waals surface area contributed by atoms with Crippen molar-refractivity contribution in [1.82, 2.24) is 19.5 Å². The molecule has 11 heteroatoms. The van der Waals surface area contributed by atoms with E-state index in [0.717, 1.165) is 23.7 Å². The van der Waals surface area contributed by atoms with Gasteiger partial charge in [-0.05, 0) is 17.9 Å². The van der Waals surface area contributed by atoms with Crippen LogP contribution in [0.25, 0.3) is 0 Å². The van der Waals surface area contributed by atoms with Crippen molar-refractivity contribution >= 4 is 29.2 Å². The standard InChI is InChI=1S/C24H30N6O4S/c1-4-8-17-11-18(31)27-23(26-17)35-14-19(32)29(12-15(2)3)20-21(25)30(24(34)28-22(20)33)13-16-9-6-5-7-10-16/h5-7,9-11,15H,4,8,12-14,25H2,1-3H3,(H,26,27,31)(H,28,33,34). The average Bonchev–Trinajstić information content (AvgIpc) is 2.80. The molecule has 2 heterocycles. The fourth-order valence-corrected chi connectivity index (χ4v) is 4.36. The van der Waals surface area contributed by atoms with Crippen LogP contribution in [0.5, 0.6) is 0 Å². The summed E-state index contributed by atoms with van der Waals surface area (Å²) in [6.45, 7) is 6.16. The molecule has 0 saturated carbocycles. The van der Waals surface area contributed by atoms with E-state index in [1.165, 1.54) is 15.5 Å². The summed E-state index contributed by atoms with van der Waals surface area (Å²) < 4.78 is 1.24. The molecule has 10 nitrogen and oxygen atoms in total. The van der Waals surface area contributed by atoms with Crippen molar-refractivity contribution in [3.63, 3.8) is 0 Å². The number of aromatic nitrogens is 4. The summed E-state index contributed by atoms with van der Waals surface area (Å²) in [5.74, 6) is -0.544. The van der Waals surface area contributed by atoms with Crippen molar-refractivity contribution < 1.29 is 4.79 Å². The second-order valence-corrected chi connectivity index (χ2v) is 9.51. The zero-order valence-corrected chi connectivity index (χ0v) is 20.9. The van der Waals surface area contributed by atoms with Crippen LogP contribution in [0.2, 0.25) is 0 Å². The number of amides is 1. The van der Waals surface area contributed by atoms with Gasteiger partial charge in [-0.3, -0.25) is 23.9 Å². The first-order valence-electron chi connectivity index (χ1n) is 11.4. The Bertz CT molecular complexity index is 1350. The van der Waals surface area contributed by atoms with Crippen molar-refractivity contribution in [3.8, 4) is 0 Å². The van der Waals surface area contributed by atoms with Crippen molar-refractivity contribution in [2.24, 2.45) is 5.92 Å². The Balaban J connectivity index is 1.93. The van der Waals surface area contributed by atoms with E-state index in [2.05, 4.69) is 15.0 Å². The van der Waals surface area contributed by atoms with E-state index in [4.69, 9.17) is 5.73 Å². The fourth-order valence-electron chi connectivity index (χ4n) is 3.59. The number of rotatable bonds is 10. The maximum Gasteiger partial charge on any atom is 0.330 e. The minimum atomic E-state index is -0.729. The highest BCUT2D eigenvalue weighted by Gasteiger charge is 2.25. The number of nitrogens with one attached hydrogen (secondary N) is 2. The zero-order valence-electron chi connectivity index (χ0n) is 20.0. The fraction of sp³-hybridized carbons (Fsp3) is 0.375. The molecular weight excluding hydrogens is 468 g/mol. The van der Waals surface area contributed by atoms with Gasteiger partial charge in [0.15, 0.2) is 10.8 Å². The number of thioether (sulfide) groups is 1. The Morgan fingerprint density at radius 1 is 1.17 bits per heavy atom. The molecule has 1 amide bonds. The number of aromatic amines is 2. The number of hydrogen-bond donors (Lipinski definition) is 3. The molecule has 0 bridgehead atoms. The summed E-state index contributed by atoms with van der Waals surface area (Å²) in [7, 11) is 0. The van der Waals surface area contributed by atoms with Gasteiger partial charge in [-0.2, -0.15) is 0 Å². The quantitative estimate of drug-likeness (QED) is 0.286. The van der Waals surface area contributed by atoms with E-state index >= 15 is 0 Å². The largest absolute Gasteiger partial charge is 0.383 e. The molecule has 1 aromatic carbocycles. The molecule has 4 N–H and O–H groups in total. The first-order valence-corrected chi connectivity index (χ1v) is 12.4. The van der Waals surface area contributed by atoms with Gasteiger partial charge in [-0.15, -0.1) is 0 Å². The van der Waals surface area contributed by atoms with Gasteiger partial charge in [0.05, 0.1) is 12.3 Å². The van der Waals surface area contributed by atoms with E-state index in [1.54, 1.807) is 0 Å². The maximum atomic E-state index is 13.3. The lowest BCUT2D eigenvalue weighted by Crippen LogP contribution is -2.43. The Labute approximate surface area is 206 Å². The van der Waals surface area contributed by atoms with Crippen molar-refractivity contribution in [3.05, 3.63) is 78.8 Å².